The molecule has 0 aliphatic carbocycles. The first-order valence-corrected chi connectivity index (χ1v) is 12.4. The van der Waals surface area contributed by atoms with Gasteiger partial charge in [-0.3, -0.25) is 4.79 Å². The summed E-state index contributed by atoms with van der Waals surface area (Å²) in [4.78, 5) is 15.9. The second-order valence-corrected chi connectivity index (χ2v) is 10.9. The average Bonchev–Trinajstić information content (AvgIpc) is 3.23. The van der Waals surface area contributed by atoms with Crippen molar-refractivity contribution in [2.45, 2.75) is 43.3 Å². The van der Waals surface area contributed by atoms with Crippen LogP contribution in [0.4, 0.5) is 13.2 Å². The van der Waals surface area contributed by atoms with Crippen molar-refractivity contribution in [2.24, 2.45) is 5.92 Å². The number of fused-ring (bicyclic) bond motifs is 1. The third kappa shape index (κ3) is 4.25. The van der Waals surface area contributed by atoms with Gasteiger partial charge in [0.25, 0.3) is 0 Å². The maximum Gasteiger partial charge on any atom is 0.416 e. The van der Waals surface area contributed by atoms with Gasteiger partial charge < -0.3 is 4.90 Å². The fourth-order valence-electron chi connectivity index (χ4n) is 4.37. The van der Waals surface area contributed by atoms with Gasteiger partial charge in [0.2, 0.25) is 15.9 Å². The molecule has 3 heterocycles. The lowest BCUT2D eigenvalue weighted by Gasteiger charge is -2.38. The molecule has 0 bridgehead atoms. The van der Waals surface area contributed by atoms with E-state index in [1.54, 1.807) is 11.3 Å². The molecule has 0 N–H and O–H groups in total. The molecular formula is C21H23F3N2O3S2. The van der Waals surface area contributed by atoms with Crippen molar-refractivity contribution >= 4 is 27.3 Å². The number of sulfonamides is 1. The summed E-state index contributed by atoms with van der Waals surface area (Å²) in [5.41, 5.74) is 0.180. The summed E-state index contributed by atoms with van der Waals surface area (Å²) < 4.78 is 65.8. The molecule has 0 radical (unpaired) electrons. The van der Waals surface area contributed by atoms with Crippen molar-refractivity contribution in [2.75, 3.05) is 19.6 Å². The first-order valence-electron chi connectivity index (χ1n) is 10.1. The molecule has 1 aromatic heterocycles. The summed E-state index contributed by atoms with van der Waals surface area (Å²) >= 11 is 1.70. The van der Waals surface area contributed by atoms with E-state index in [1.165, 1.54) is 20.8 Å². The normalized spacial score (nSPS) is 21.2. The van der Waals surface area contributed by atoms with Gasteiger partial charge in [-0.15, -0.1) is 11.3 Å². The molecule has 2 aliphatic rings. The van der Waals surface area contributed by atoms with Gasteiger partial charge >= 0.3 is 6.18 Å². The molecule has 168 valence electrons. The van der Waals surface area contributed by atoms with Gasteiger partial charge in [0, 0.05) is 30.4 Å². The van der Waals surface area contributed by atoms with E-state index in [-0.39, 0.29) is 35.9 Å². The van der Waals surface area contributed by atoms with Gasteiger partial charge in [-0.2, -0.15) is 17.5 Å². The number of thiophene rings is 1. The van der Waals surface area contributed by atoms with Crippen molar-refractivity contribution in [1.29, 1.82) is 0 Å². The van der Waals surface area contributed by atoms with Gasteiger partial charge in [-0.05, 0) is 61.4 Å². The highest BCUT2D eigenvalue weighted by atomic mass is 32.2. The lowest BCUT2D eigenvalue weighted by atomic mass is 9.93. The fraction of sp³-hybridized carbons (Fsp3) is 0.476. The monoisotopic (exact) mass is 472 g/mol. The molecule has 2 aromatic rings. The number of nitrogens with zero attached hydrogens (tertiary/aromatic N) is 2. The Morgan fingerprint density at radius 2 is 1.84 bits per heavy atom. The summed E-state index contributed by atoms with van der Waals surface area (Å²) in [7, 11) is -4.05. The third-order valence-corrected chi connectivity index (χ3v) is 9.05. The van der Waals surface area contributed by atoms with E-state index in [0.29, 0.717) is 25.5 Å². The summed E-state index contributed by atoms with van der Waals surface area (Å²) in [6, 6.07) is 5.84. The summed E-state index contributed by atoms with van der Waals surface area (Å²) in [6.45, 7) is 2.88. The Morgan fingerprint density at radius 3 is 2.52 bits per heavy atom. The zero-order chi connectivity index (χ0) is 22.4. The number of piperidine rings is 1. The Hall–Kier alpha value is -1.91. The predicted octanol–water partition coefficient (Wildman–Crippen LogP) is 4.31. The van der Waals surface area contributed by atoms with E-state index in [9.17, 15) is 26.4 Å². The van der Waals surface area contributed by atoms with Crippen molar-refractivity contribution in [3.8, 4) is 0 Å². The molecule has 0 spiro atoms. The first kappa shape index (κ1) is 22.3. The highest BCUT2D eigenvalue weighted by Crippen LogP contribution is 2.36. The van der Waals surface area contributed by atoms with Crippen LogP contribution in [0.1, 0.15) is 41.8 Å². The highest BCUT2D eigenvalue weighted by molar-refractivity contribution is 7.89. The molecule has 5 nitrogen and oxygen atoms in total. The quantitative estimate of drug-likeness (QED) is 0.669. The molecule has 1 atom stereocenters. The Balaban J connectivity index is 1.43. The molecule has 4 rings (SSSR count). The van der Waals surface area contributed by atoms with Crippen LogP contribution in [0.25, 0.3) is 0 Å². The van der Waals surface area contributed by atoms with E-state index < -0.39 is 21.8 Å². The van der Waals surface area contributed by atoms with Crippen LogP contribution < -0.4 is 0 Å². The van der Waals surface area contributed by atoms with Gasteiger partial charge in [-0.1, -0.05) is 6.07 Å². The van der Waals surface area contributed by atoms with Crippen LogP contribution in [0.2, 0.25) is 0 Å². The van der Waals surface area contributed by atoms with Crippen LogP contribution in [-0.4, -0.2) is 43.2 Å². The van der Waals surface area contributed by atoms with Crippen molar-refractivity contribution in [1.82, 2.24) is 9.21 Å². The van der Waals surface area contributed by atoms with Crippen LogP contribution in [0.5, 0.6) is 0 Å². The topological polar surface area (TPSA) is 57.7 Å². The number of rotatable bonds is 3. The molecule has 1 saturated heterocycles. The summed E-state index contributed by atoms with van der Waals surface area (Å²) in [5.74, 6) is -0.254. The number of halogens is 3. The summed E-state index contributed by atoms with van der Waals surface area (Å²) in [5, 5.41) is 2.03. The predicted molar refractivity (Wildman–Crippen MR) is 111 cm³/mol. The van der Waals surface area contributed by atoms with Crippen LogP contribution in [0.3, 0.4) is 0 Å². The van der Waals surface area contributed by atoms with Gasteiger partial charge in [0.15, 0.2) is 0 Å². The number of amides is 1. The van der Waals surface area contributed by atoms with Crippen LogP contribution >= 0.6 is 11.3 Å². The van der Waals surface area contributed by atoms with Gasteiger partial charge in [0.1, 0.15) is 0 Å². The minimum absolute atomic E-state index is 0.00521. The zero-order valence-corrected chi connectivity index (χ0v) is 18.6. The molecule has 1 fully saturated rings. The van der Waals surface area contributed by atoms with E-state index in [1.807, 2.05) is 23.3 Å². The van der Waals surface area contributed by atoms with Crippen LogP contribution in [0, 0.1) is 5.92 Å². The Kier molecular flexibility index (Phi) is 5.91. The SMILES string of the molecule is C[C@H]1c2ccsc2CCN1C(=O)C1CCN(S(=O)(=O)c2cccc(C(F)(F)F)c2)CC1. The largest absolute Gasteiger partial charge is 0.416 e. The second kappa shape index (κ2) is 8.22. The van der Waals surface area contributed by atoms with Crippen LogP contribution in [-0.2, 0) is 27.4 Å². The minimum atomic E-state index is -4.61. The fourth-order valence-corrected chi connectivity index (χ4v) is 6.85. The van der Waals surface area contributed by atoms with E-state index >= 15 is 0 Å². The van der Waals surface area contributed by atoms with Gasteiger partial charge in [0.05, 0.1) is 16.5 Å². The van der Waals surface area contributed by atoms with Crippen molar-refractivity contribution in [3.05, 3.63) is 51.7 Å². The maximum atomic E-state index is 13.1. The standard InChI is InChI=1S/C21H23F3N2O3S2/c1-14-18-8-12-30-19(18)7-11-26(14)20(27)15-5-9-25(10-6-15)31(28,29)17-4-2-3-16(13-17)21(22,23)24/h2-4,8,12-15H,5-7,9-11H2,1H3/t14-/m0/s1. The number of carbonyl (C=O) groups excluding carboxylic acids is 1. The van der Waals surface area contributed by atoms with E-state index in [0.717, 1.165) is 18.6 Å². The van der Waals surface area contributed by atoms with Crippen molar-refractivity contribution < 1.29 is 26.4 Å². The lowest BCUT2D eigenvalue weighted by Crippen LogP contribution is -2.46. The Morgan fingerprint density at radius 1 is 1.13 bits per heavy atom. The average molecular weight is 473 g/mol. The lowest BCUT2D eigenvalue weighted by molar-refractivity contribution is -0.139. The number of hydrogen-bond donors (Lipinski definition) is 0. The second-order valence-electron chi connectivity index (χ2n) is 7.96. The smallest absolute Gasteiger partial charge is 0.335 e. The molecular weight excluding hydrogens is 449 g/mol. The van der Waals surface area contributed by atoms with Gasteiger partial charge in [-0.25, -0.2) is 8.42 Å². The molecule has 31 heavy (non-hydrogen) atoms. The number of benzene rings is 1. The molecule has 1 amide bonds. The molecule has 0 unspecified atom stereocenters. The number of alkyl halides is 3. The Bertz CT molecular complexity index is 1070. The Labute approximate surface area is 183 Å². The molecule has 1 aromatic carbocycles. The highest BCUT2D eigenvalue weighted by Gasteiger charge is 2.38. The zero-order valence-electron chi connectivity index (χ0n) is 16.9. The van der Waals surface area contributed by atoms with E-state index in [4.69, 9.17) is 0 Å². The maximum absolute atomic E-state index is 13.1. The minimum Gasteiger partial charge on any atom is -0.335 e. The molecule has 2 aliphatic heterocycles. The third-order valence-electron chi connectivity index (χ3n) is 6.16. The van der Waals surface area contributed by atoms with Crippen molar-refractivity contribution in [3.63, 3.8) is 0 Å². The van der Waals surface area contributed by atoms with Crippen LogP contribution in [0.15, 0.2) is 40.6 Å². The first-order chi connectivity index (χ1) is 14.6. The summed E-state index contributed by atoms with van der Waals surface area (Å²) in [6.07, 6.45) is -3.07. The van der Waals surface area contributed by atoms with E-state index in [2.05, 4.69) is 0 Å². The number of carbonyl (C=O) groups is 1. The molecule has 10 heteroatoms. The molecule has 0 saturated carbocycles. The number of hydrogen-bond acceptors (Lipinski definition) is 4.